The van der Waals surface area contributed by atoms with Gasteiger partial charge in [-0.2, -0.15) is 0 Å². The Morgan fingerprint density at radius 1 is 0.909 bits per heavy atom. The fraction of sp³-hybridized carbons (Fsp3) is 0.375. The fourth-order valence-corrected chi connectivity index (χ4v) is 1.34. The molecule has 2 aromatic rings. The molecule has 2 heterocycles. The Labute approximate surface area is 129 Å². The molecule has 0 aliphatic carbocycles. The molecule has 0 saturated heterocycles. The van der Waals surface area contributed by atoms with E-state index < -0.39 is 11.2 Å². The van der Waals surface area contributed by atoms with Crippen LogP contribution in [0.2, 0.25) is 0 Å². The average Bonchev–Trinajstić information content (AvgIpc) is 3.09. The van der Waals surface area contributed by atoms with Crippen molar-refractivity contribution in [2.45, 2.75) is 38.9 Å². The zero-order valence-corrected chi connectivity index (χ0v) is 12.9. The molecule has 2 atom stereocenters. The van der Waals surface area contributed by atoms with Gasteiger partial charge in [0, 0.05) is 12.1 Å². The average molecular weight is 302 g/mol. The number of hydrogen-bond acceptors (Lipinski definition) is 6. The summed E-state index contributed by atoms with van der Waals surface area (Å²) in [5.41, 5.74) is -1.90. The Hall–Kier alpha value is -2.54. The number of aryl methyl sites for hydroxylation is 2. The van der Waals surface area contributed by atoms with E-state index in [0.29, 0.717) is 22.9 Å². The van der Waals surface area contributed by atoms with Crippen LogP contribution < -0.4 is 0 Å². The second kappa shape index (κ2) is 6.48. The van der Waals surface area contributed by atoms with Crippen LogP contribution in [-0.2, 0) is 11.2 Å². The molecule has 116 valence electrons. The minimum atomic E-state index is -1.32. The molecule has 22 heavy (non-hydrogen) atoms. The van der Waals surface area contributed by atoms with E-state index in [4.69, 9.17) is 21.9 Å². The summed E-state index contributed by atoms with van der Waals surface area (Å²) in [6, 6.07) is 3.22. The van der Waals surface area contributed by atoms with E-state index in [-0.39, 0.29) is 0 Å². The topological polar surface area (TPSA) is 92.5 Å². The molecule has 0 radical (unpaired) electrons. The van der Waals surface area contributed by atoms with Crippen molar-refractivity contribution in [3.8, 4) is 24.7 Å². The third-order valence-electron chi connectivity index (χ3n) is 2.82. The van der Waals surface area contributed by atoms with Gasteiger partial charge in [0.25, 0.3) is 0 Å². The van der Waals surface area contributed by atoms with Crippen LogP contribution in [0.15, 0.2) is 21.2 Å². The predicted octanol–water partition coefficient (Wildman–Crippen LogP) is 1.65. The molecule has 6 nitrogen and oxygen atoms in total. The number of aromatic nitrogens is 2. The van der Waals surface area contributed by atoms with Gasteiger partial charge < -0.3 is 19.3 Å². The normalized spacial score (nSPS) is 15.5. The summed E-state index contributed by atoms with van der Waals surface area (Å²) >= 11 is 0. The molecule has 0 aliphatic rings. The number of rotatable bonds is 2. The summed E-state index contributed by atoms with van der Waals surface area (Å²) in [6.07, 6.45) is 10.1. The highest BCUT2D eigenvalue weighted by Gasteiger charge is 2.24. The highest BCUT2D eigenvalue weighted by atomic mass is 16.5. The first-order valence-corrected chi connectivity index (χ1v) is 6.40. The maximum atomic E-state index is 9.45. The molecule has 0 spiro atoms. The molecule has 2 aromatic heterocycles. The summed E-state index contributed by atoms with van der Waals surface area (Å²) in [5, 5.41) is 26.1. The van der Waals surface area contributed by atoms with Crippen molar-refractivity contribution in [2.24, 2.45) is 0 Å². The SMILES string of the molecule is C#C[C@@](C)(O)c1cc(C)on1.C#C[C@](C)(O)c1cc(C)on1. The number of terminal acetylenes is 2. The van der Waals surface area contributed by atoms with Crippen LogP contribution in [0.4, 0.5) is 0 Å². The van der Waals surface area contributed by atoms with E-state index >= 15 is 0 Å². The smallest absolute Gasteiger partial charge is 0.168 e. The summed E-state index contributed by atoms with van der Waals surface area (Å²) in [4.78, 5) is 0. The molecule has 0 unspecified atom stereocenters. The summed E-state index contributed by atoms with van der Waals surface area (Å²) < 4.78 is 9.49. The molecule has 0 saturated carbocycles. The van der Waals surface area contributed by atoms with Crippen molar-refractivity contribution in [3.63, 3.8) is 0 Å². The van der Waals surface area contributed by atoms with Crippen molar-refractivity contribution < 1.29 is 19.3 Å². The zero-order chi connectivity index (χ0) is 17.0. The van der Waals surface area contributed by atoms with Crippen molar-refractivity contribution in [3.05, 3.63) is 35.0 Å². The standard InChI is InChI=1S/2C8H9NO2/c2*1-4-8(3,10)7-5-6(2)11-9-7/h2*1,5,10H,2-3H3/t2*8-/m10/s1. The van der Waals surface area contributed by atoms with Crippen molar-refractivity contribution in [1.82, 2.24) is 10.3 Å². The van der Waals surface area contributed by atoms with Crippen LogP contribution >= 0.6 is 0 Å². The van der Waals surface area contributed by atoms with E-state index in [1.54, 1.807) is 26.0 Å². The second-order valence-electron chi connectivity index (χ2n) is 5.08. The van der Waals surface area contributed by atoms with Crippen LogP contribution in [0.25, 0.3) is 0 Å². The lowest BCUT2D eigenvalue weighted by atomic mass is 10.0. The van der Waals surface area contributed by atoms with Crippen LogP contribution in [0, 0.1) is 38.5 Å². The van der Waals surface area contributed by atoms with Gasteiger partial charge in [0.2, 0.25) is 0 Å². The van der Waals surface area contributed by atoms with Gasteiger partial charge in [0.15, 0.2) is 11.2 Å². The van der Waals surface area contributed by atoms with E-state index in [1.165, 1.54) is 13.8 Å². The monoisotopic (exact) mass is 302 g/mol. The maximum absolute atomic E-state index is 9.45. The Bertz CT molecular complexity index is 649. The molecule has 0 aliphatic heterocycles. The van der Waals surface area contributed by atoms with Gasteiger partial charge in [-0.25, -0.2) is 0 Å². The quantitative estimate of drug-likeness (QED) is 0.819. The third-order valence-corrected chi connectivity index (χ3v) is 2.82. The maximum Gasteiger partial charge on any atom is 0.168 e. The second-order valence-corrected chi connectivity index (χ2v) is 5.08. The molecule has 0 bridgehead atoms. The third kappa shape index (κ3) is 4.23. The van der Waals surface area contributed by atoms with Crippen LogP contribution in [0.3, 0.4) is 0 Å². The molecule has 0 aromatic carbocycles. The van der Waals surface area contributed by atoms with Crippen LogP contribution in [-0.4, -0.2) is 20.5 Å². The summed E-state index contributed by atoms with van der Waals surface area (Å²) in [5.74, 6) is 5.68. The first-order chi connectivity index (χ1) is 10.1. The minimum absolute atomic E-state index is 0.373. The van der Waals surface area contributed by atoms with Gasteiger partial charge >= 0.3 is 0 Å². The van der Waals surface area contributed by atoms with Gasteiger partial charge in [0.1, 0.15) is 22.9 Å². The van der Waals surface area contributed by atoms with Crippen LogP contribution in [0.5, 0.6) is 0 Å². The Kier molecular flexibility index (Phi) is 5.16. The molecule has 2 rings (SSSR count). The summed E-state index contributed by atoms with van der Waals surface area (Å²) in [7, 11) is 0. The number of hydrogen-bond donors (Lipinski definition) is 2. The van der Waals surface area contributed by atoms with E-state index in [9.17, 15) is 10.2 Å². The van der Waals surface area contributed by atoms with Crippen LogP contribution in [0.1, 0.15) is 36.8 Å². The van der Waals surface area contributed by atoms with Gasteiger partial charge in [-0.15, -0.1) is 12.8 Å². The zero-order valence-electron chi connectivity index (χ0n) is 12.9. The Balaban J connectivity index is 0.000000220. The highest BCUT2D eigenvalue weighted by molar-refractivity contribution is 5.22. The predicted molar refractivity (Wildman–Crippen MR) is 79.3 cm³/mol. The lowest BCUT2D eigenvalue weighted by Crippen LogP contribution is -2.18. The lowest BCUT2D eigenvalue weighted by molar-refractivity contribution is 0.112. The molecule has 0 fully saturated rings. The summed E-state index contributed by atoms with van der Waals surface area (Å²) in [6.45, 7) is 6.46. The van der Waals surface area contributed by atoms with E-state index in [1.807, 2.05) is 0 Å². The lowest BCUT2D eigenvalue weighted by Gasteiger charge is -2.10. The minimum Gasteiger partial charge on any atom is -0.372 e. The first-order valence-electron chi connectivity index (χ1n) is 6.40. The highest BCUT2D eigenvalue weighted by Crippen LogP contribution is 2.18. The van der Waals surface area contributed by atoms with Gasteiger partial charge in [-0.3, -0.25) is 0 Å². The first kappa shape index (κ1) is 17.5. The number of aliphatic hydroxyl groups is 2. The number of nitrogens with zero attached hydrogens (tertiary/aromatic N) is 2. The largest absolute Gasteiger partial charge is 0.372 e. The van der Waals surface area contributed by atoms with Gasteiger partial charge in [-0.05, 0) is 27.7 Å². The Morgan fingerprint density at radius 2 is 1.23 bits per heavy atom. The fourth-order valence-electron chi connectivity index (χ4n) is 1.34. The Morgan fingerprint density at radius 3 is 1.41 bits per heavy atom. The van der Waals surface area contributed by atoms with Gasteiger partial charge in [0.05, 0.1) is 0 Å². The van der Waals surface area contributed by atoms with Crippen molar-refractivity contribution in [1.29, 1.82) is 0 Å². The molecular weight excluding hydrogens is 284 g/mol. The van der Waals surface area contributed by atoms with Crippen molar-refractivity contribution in [2.75, 3.05) is 0 Å². The van der Waals surface area contributed by atoms with E-state index in [2.05, 4.69) is 22.2 Å². The molecular formula is C16H18N2O4. The van der Waals surface area contributed by atoms with Gasteiger partial charge in [-0.1, -0.05) is 22.2 Å². The van der Waals surface area contributed by atoms with E-state index in [0.717, 1.165) is 0 Å². The molecule has 0 amide bonds. The van der Waals surface area contributed by atoms with Crippen molar-refractivity contribution >= 4 is 0 Å². The molecule has 6 heteroatoms. The molecule has 2 N–H and O–H groups in total.